The zero-order valence-electron chi connectivity index (χ0n) is 49.6. The molecule has 0 fully saturated rings. The molecule has 8 nitrogen and oxygen atoms in total. The fourth-order valence-corrected chi connectivity index (χ4v) is 9.63. The van der Waals surface area contributed by atoms with Crippen LogP contribution in [0.25, 0.3) is 0 Å². The van der Waals surface area contributed by atoms with Crippen LogP contribution in [0, 0.1) is 0 Å². The molecule has 0 radical (unpaired) electrons. The summed E-state index contributed by atoms with van der Waals surface area (Å²) < 4.78 is 16.9. The van der Waals surface area contributed by atoms with Crippen molar-refractivity contribution in [1.82, 2.24) is 4.90 Å². The van der Waals surface area contributed by atoms with Crippen molar-refractivity contribution < 1.29 is 33.7 Å². The highest BCUT2D eigenvalue weighted by atomic mass is 16.6. The van der Waals surface area contributed by atoms with Crippen LogP contribution in [-0.2, 0) is 28.6 Å². The van der Waals surface area contributed by atoms with Crippen LogP contribution < -0.4 is 0 Å². The number of carbonyl (C=O) groups excluding carboxylic acids is 3. The molecule has 1 atom stereocenters. The van der Waals surface area contributed by atoms with Gasteiger partial charge in [-0.3, -0.25) is 14.4 Å². The van der Waals surface area contributed by atoms with Crippen molar-refractivity contribution in [2.24, 2.45) is 0 Å². The standard InChI is InChI=1S/C60H116O7.C5H11N/c1-3-5-7-9-11-13-15-17-23-27-31-35-39-43-47-51-58(62)65-55-57(67-60(64)53-49-45-41-37-33-29-24-18-16-14-12-10-8-6-4-2)56-66-59(63)52-48-44-40-36-32-28-25-21-19-20-22-26-30-34-38-42-46-50-54-61;1-4-5-6(2)3/h57,61H,3-56H2,1-2H3;4H,1,5H2,2-3H3. The number of aliphatic hydroxyl groups excluding tert-OH is 1. The molecular weight excluding hydrogens is 907 g/mol. The molecule has 0 rings (SSSR count). The van der Waals surface area contributed by atoms with Crippen LogP contribution >= 0.6 is 0 Å². The van der Waals surface area contributed by atoms with Gasteiger partial charge in [-0.1, -0.05) is 302 Å². The van der Waals surface area contributed by atoms with Crippen LogP contribution in [0.4, 0.5) is 0 Å². The van der Waals surface area contributed by atoms with E-state index < -0.39 is 6.10 Å². The summed E-state index contributed by atoms with van der Waals surface area (Å²) in [7, 11) is 4.03. The second kappa shape index (κ2) is 64.4. The molecular formula is C65H127NO7. The molecule has 0 aromatic carbocycles. The van der Waals surface area contributed by atoms with E-state index in [1.165, 1.54) is 244 Å². The Hall–Kier alpha value is -1.93. The number of hydrogen-bond donors (Lipinski definition) is 1. The third kappa shape index (κ3) is 66.1. The quantitative estimate of drug-likeness (QED) is 0.0278. The largest absolute Gasteiger partial charge is 0.462 e. The average molecular weight is 1030 g/mol. The molecule has 434 valence electrons. The van der Waals surface area contributed by atoms with Gasteiger partial charge in [0.25, 0.3) is 0 Å². The molecule has 8 heteroatoms. The van der Waals surface area contributed by atoms with Crippen molar-refractivity contribution in [3.8, 4) is 0 Å². The Morgan fingerprint density at radius 3 is 0.795 bits per heavy atom. The summed E-state index contributed by atoms with van der Waals surface area (Å²) in [6.45, 7) is 9.28. The van der Waals surface area contributed by atoms with Crippen LogP contribution in [0.3, 0.4) is 0 Å². The zero-order valence-corrected chi connectivity index (χ0v) is 49.6. The van der Waals surface area contributed by atoms with E-state index in [1.807, 2.05) is 20.2 Å². The molecule has 0 bridgehead atoms. The molecule has 73 heavy (non-hydrogen) atoms. The van der Waals surface area contributed by atoms with Crippen molar-refractivity contribution >= 4 is 17.9 Å². The third-order valence-electron chi connectivity index (χ3n) is 14.4. The van der Waals surface area contributed by atoms with E-state index in [0.29, 0.717) is 25.9 Å². The lowest BCUT2D eigenvalue weighted by Gasteiger charge is -2.18. The van der Waals surface area contributed by atoms with Crippen LogP contribution in [0.5, 0.6) is 0 Å². The zero-order chi connectivity index (χ0) is 53.6. The summed E-state index contributed by atoms with van der Waals surface area (Å²) >= 11 is 0. The molecule has 0 saturated carbocycles. The molecule has 0 aliphatic rings. The second-order valence-corrected chi connectivity index (χ2v) is 22.3. The van der Waals surface area contributed by atoms with E-state index in [9.17, 15) is 14.4 Å². The highest BCUT2D eigenvalue weighted by Crippen LogP contribution is 2.18. The molecule has 0 spiro atoms. The molecule has 0 aromatic heterocycles. The minimum atomic E-state index is -0.768. The summed E-state index contributed by atoms with van der Waals surface area (Å²) in [5, 5.41) is 8.86. The number of rotatable bonds is 59. The first-order valence-electron chi connectivity index (χ1n) is 32.2. The van der Waals surface area contributed by atoms with Gasteiger partial charge in [0.2, 0.25) is 0 Å². The number of unbranched alkanes of at least 4 members (excludes halogenated alkanes) is 45. The minimum absolute atomic E-state index is 0.0667. The van der Waals surface area contributed by atoms with Gasteiger partial charge in [0.1, 0.15) is 13.2 Å². The predicted molar refractivity (Wildman–Crippen MR) is 314 cm³/mol. The number of likely N-dealkylation sites (N-methyl/N-ethyl adjacent to an activating group) is 1. The normalized spacial score (nSPS) is 11.6. The Morgan fingerprint density at radius 2 is 0.589 bits per heavy atom. The highest BCUT2D eigenvalue weighted by molar-refractivity contribution is 5.71. The number of aliphatic hydroxyl groups is 1. The van der Waals surface area contributed by atoms with E-state index in [0.717, 1.165) is 70.8 Å². The molecule has 0 aliphatic carbocycles. The van der Waals surface area contributed by atoms with Gasteiger partial charge in [-0.25, -0.2) is 0 Å². The van der Waals surface area contributed by atoms with E-state index in [1.54, 1.807) is 0 Å². The van der Waals surface area contributed by atoms with Crippen LogP contribution in [0.2, 0.25) is 0 Å². The lowest BCUT2D eigenvalue weighted by Crippen LogP contribution is -2.30. The third-order valence-corrected chi connectivity index (χ3v) is 14.4. The average Bonchev–Trinajstić information content (AvgIpc) is 3.37. The van der Waals surface area contributed by atoms with Gasteiger partial charge in [-0.2, -0.15) is 0 Å². The van der Waals surface area contributed by atoms with Gasteiger partial charge in [0.15, 0.2) is 6.10 Å². The lowest BCUT2D eigenvalue weighted by molar-refractivity contribution is -0.167. The highest BCUT2D eigenvalue weighted by Gasteiger charge is 2.19. The Morgan fingerprint density at radius 1 is 0.370 bits per heavy atom. The van der Waals surface area contributed by atoms with Crippen LogP contribution in [0.15, 0.2) is 12.7 Å². The first-order valence-corrected chi connectivity index (χ1v) is 32.2. The summed E-state index contributed by atoms with van der Waals surface area (Å²) in [4.78, 5) is 40.2. The number of esters is 3. The molecule has 0 saturated heterocycles. The topological polar surface area (TPSA) is 102 Å². The van der Waals surface area contributed by atoms with Crippen molar-refractivity contribution in [1.29, 1.82) is 0 Å². The maximum absolute atomic E-state index is 12.9. The van der Waals surface area contributed by atoms with Gasteiger partial charge < -0.3 is 24.2 Å². The molecule has 0 amide bonds. The maximum atomic E-state index is 12.9. The van der Waals surface area contributed by atoms with Crippen LogP contribution in [-0.4, -0.2) is 74.5 Å². The van der Waals surface area contributed by atoms with Gasteiger partial charge in [-0.15, -0.1) is 6.58 Å². The monoisotopic (exact) mass is 1030 g/mol. The first kappa shape index (κ1) is 73.1. The number of hydrogen-bond acceptors (Lipinski definition) is 8. The smallest absolute Gasteiger partial charge is 0.306 e. The Balaban J connectivity index is 0. The summed E-state index contributed by atoms with van der Waals surface area (Å²) in [6.07, 6.45) is 62.8. The van der Waals surface area contributed by atoms with Gasteiger partial charge in [0, 0.05) is 32.4 Å². The van der Waals surface area contributed by atoms with E-state index >= 15 is 0 Å². The number of ether oxygens (including phenoxy) is 3. The van der Waals surface area contributed by atoms with Gasteiger partial charge >= 0.3 is 17.9 Å². The summed E-state index contributed by atoms with van der Waals surface area (Å²) in [5.41, 5.74) is 0. The van der Waals surface area contributed by atoms with E-state index in [4.69, 9.17) is 19.3 Å². The Bertz CT molecular complexity index is 1110. The fourth-order valence-electron chi connectivity index (χ4n) is 9.63. The van der Waals surface area contributed by atoms with E-state index in [-0.39, 0.29) is 31.1 Å². The lowest BCUT2D eigenvalue weighted by atomic mass is 10.0. The predicted octanol–water partition coefficient (Wildman–Crippen LogP) is 19.6. The van der Waals surface area contributed by atoms with Crippen LogP contribution in [0.1, 0.15) is 341 Å². The molecule has 0 aliphatic heterocycles. The van der Waals surface area contributed by atoms with Crippen molar-refractivity contribution in [3.05, 3.63) is 12.7 Å². The fraction of sp³-hybridized carbons (Fsp3) is 0.923. The minimum Gasteiger partial charge on any atom is -0.462 e. The molecule has 1 unspecified atom stereocenters. The Labute approximate surface area is 455 Å². The first-order chi connectivity index (χ1) is 35.8. The van der Waals surface area contributed by atoms with Crippen molar-refractivity contribution in [2.45, 2.75) is 347 Å². The molecule has 0 aromatic rings. The molecule has 0 heterocycles. The summed E-state index contributed by atoms with van der Waals surface area (Å²) in [6, 6.07) is 0. The SMILES string of the molecule is C=CCN(C)C.CCCCCCCCCCCCCCCCCC(=O)OCC(COC(=O)CCCCCCCCCCCCCCCCCCCCO)OC(=O)CCCCCCCCCCCCCCCCC. The maximum Gasteiger partial charge on any atom is 0.306 e. The van der Waals surface area contributed by atoms with Gasteiger partial charge in [0.05, 0.1) is 0 Å². The summed E-state index contributed by atoms with van der Waals surface area (Å²) in [5.74, 6) is -0.847. The van der Waals surface area contributed by atoms with Gasteiger partial charge in [-0.05, 0) is 39.8 Å². The second-order valence-electron chi connectivity index (χ2n) is 22.3. The van der Waals surface area contributed by atoms with Crippen molar-refractivity contribution in [2.75, 3.05) is 40.5 Å². The Kier molecular flexibility index (Phi) is 64.5. The molecule has 1 N–H and O–H groups in total. The van der Waals surface area contributed by atoms with E-state index in [2.05, 4.69) is 25.3 Å². The van der Waals surface area contributed by atoms with Crippen molar-refractivity contribution in [3.63, 3.8) is 0 Å². The number of carbonyl (C=O) groups is 3. The number of nitrogens with zero attached hydrogens (tertiary/aromatic N) is 1.